The van der Waals surface area contributed by atoms with Crippen molar-refractivity contribution in [2.24, 2.45) is 10.2 Å². The smallest absolute Gasteiger partial charge is 0.240 e. The van der Waals surface area contributed by atoms with Crippen LogP contribution >= 0.6 is 22.7 Å². The number of azo groups is 1. The minimum atomic E-state index is -3.98. The summed E-state index contributed by atoms with van der Waals surface area (Å²) >= 11 is 2.47. The molecule has 3 N–H and O–H groups in total. The molecule has 0 atom stereocenters. The number of sulfonamides is 2. The summed E-state index contributed by atoms with van der Waals surface area (Å²) in [6.07, 6.45) is 4.74. The molecule has 10 rings (SSSR count). The third-order valence-corrected chi connectivity index (χ3v) is 25.9. The van der Waals surface area contributed by atoms with Gasteiger partial charge in [0.05, 0.1) is 60.5 Å². The second kappa shape index (κ2) is 31.4. The van der Waals surface area contributed by atoms with Gasteiger partial charge in [0.1, 0.15) is 34.6 Å². The van der Waals surface area contributed by atoms with Crippen LogP contribution in [0.2, 0.25) is 0 Å². The first-order valence-electron chi connectivity index (χ1n) is 36.8. The molecule has 4 heterocycles. The largest absolute Gasteiger partial charge is 0.493 e. The molecule has 0 saturated heterocycles. The summed E-state index contributed by atoms with van der Waals surface area (Å²) in [5, 5.41) is 30.4. The normalized spacial score (nSPS) is 12.8. The van der Waals surface area contributed by atoms with E-state index in [1.54, 1.807) is 30.3 Å². The van der Waals surface area contributed by atoms with Crippen molar-refractivity contribution in [2.45, 2.75) is 228 Å². The number of rotatable bonds is 30. The Hall–Kier alpha value is -8.43. The highest BCUT2D eigenvalue weighted by atomic mass is 32.2. The van der Waals surface area contributed by atoms with Crippen LogP contribution in [0.3, 0.4) is 0 Å². The molecule has 6 aromatic carbocycles. The lowest BCUT2D eigenvalue weighted by atomic mass is 9.76. The fourth-order valence-electron chi connectivity index (χ4n) is 13.2. The van der Waals surface area contributed by atoms with Crippen LogP contribution in [-0.2, 0) is 47.1 Å². The highest BCUT2D eigenvalue weighted by Gasteiger charge is 2.33. The van der Waals surface area contributed by atoms with Gasteiger partial charge in [-0.15, -0.1) is 10.2 Å². The van der Waals surface area contributed by atoms with Crippen molar-refractivity contribution in [3.63, 3.8) is 0 Å². The summed E-state index contributed by atoms with van der Waals surface area (Å²) < 4.78 is 77.4. The Morgan fingerprint density at radius 2 is 0.991 bits per heavy atom. The Kier molecular flexibility index (Phi) is 23.7. The van der Waals surface area contributed by atoms with E-state index in [0.29, 0.717) is 79.5 Å². The molecule has 562 valence electrons. The van der Waals surface area contributed by atoms with Crippen LogP contribution in [0.5, 0.6) is 11.5 Å². The average molecular weight is 1510 g/mol. The van der Waals surface area contributed by atoms with Crippen LogP contribution in [0.4, 0.5) is 39.6 Å². The van der Waals surface area contributed by atoms with E-state index in [4.69, 9.17) is 39.8 Å². The Morgan fingerprint density at radius 3 is 1.43 bits per heavy atom. The molecular weight excluding hydrogens is 1400 g/mol. The van der Waals surface area contributed by atoms with Crippen LogP contribution < -0.4 is 29.1 Å². The SMILES string of the molecule is CCC(C)(C)c1ccc(OCCCNS(=O)(=O)c2ccc3nc(Nc4nc(N(c5c(C)cc(C)cc5C)c5c(C)cc(C)cc5C)cc(C)c4N=Nc4c(C#N)c(C(C)(C)C)nn4-c4nc5ccc(S(=O)(=O)NCCCOc6ccc(C(C)(C)CC)cc6C(C)(C)CC)cc5s4)sc3c2)c(C(C)(C)CC)c1. The summed E-state index contributed by atoms with van der Waals surface area (Å²) in [4.78, 5) is 17.8. The van der Waals surface area contributed by atoms with E-state index in [1.165, 1.54) is 44.5 Å². The van der Waals surface area contributed by atoms with Gasteiger partial charge in [0.25, 0.3) is 0 Å². The van der Waals surface area contributed by atoms with E-state index in [9.17, 15) is 22.1 Å². The molecule has 106 heavy (non-hydrogen) atoms. The van der Waals surface area contributed by atoms with E-state index in [0.717, 1.165) is 93.1 Å². The monoisotopic (exact) mass is 1510 g/mol. The molecule has 0 spiro atoms. The number of anilines is 5. The molecule has 0 bridgehead atoms. The van der Waals surface area contributed by atoms with Gasteiger partial charge in [-0.2, -0.15) is 15.0 Å². The summed E-state index contributed by atoms with van der Waals surface area (Å²) in [7, 11) is -7.95. The van der Waals surface area contributed by atoms with Crippen molar-refractivity contribution in [3.8, 4) is 22.7 Å². The van der Waals surface area contributed by atoms with Crippen molar-refractivity contribution in [1.82, 2.24) is 34.2 Å². The highest BCUT2D eigenvalue weighted by molar-refractivity contribution is 7.89. The molecule has 0 radical (unpaired) electrons. The maximum absolute atomic E-state index is 14.1. The van der Waals surface area contributed by atoms with E-state index < -0.39 is 25.5 Å². The van der Waals surface area contributed by atoms with Crippen molar-refractivity contribution < 1.29 is 26.3 Å². The molecule has 0 aliphatic carbocycles. The van der Waals surface area contributed by atoms with Gasteiger partial charge in [-0.05, 0) is 202 Å². The first-order chi connectivity index (χ1) is 49.8. The summed E-state index contributed by atoms with van der Waals surface area (Å²) in [5.74, 6) is 2.57. The van der Waals surface area contributed by atoms with Gasteiger partial charge in [-0.1, -0.05) is 186 Å². The number of nitriles is 1. The number of hydrogen-bond acceptors (Lipinski definition) is 17. The maximum Gasteiger partial charge on any atom is 0.240 e. The summed E-state index contributed by atoms with van der Waals surface area (Å²) in [6, 6.07) is 35.7. The number of pyridine rings is 1. The summed E-state index contributed by atoms with van der Waals surface area (Å²) in [6.45, 7) is 48.1. The molecule has 0 unspecified atom stereocenters. The zero-order valence-corrected chi connectivity index (χ0v) is 69.3. The molecule has 0 saturated carbocycles. The van der Waals surface area contributed by atoms with Crippen LogP contribution in [0.25, 0.3) is 25.6 Å². The van der Waals surface area contributed by atoms with Crippen LogP contribution in [0.15, 0.2) is 123 Å². The van der Waals surface area contributed by atoms with Gasteiger partial charge in [-0.25, -0.2) is 41.2 Å². The lowest BCUT2D eigenvalue weighted by Crippen LogP contribution is -2.26. The lowest BCUT2D eigenvalue weighted by Gasteiger charge is -2.31. The number of nitrogens with zero attached hydrogens (tertiary/aromatic N) is 9. The number of ether oxygens (including phenoxy) is 2. The number of aryl methyl sites for hydroxylation is 7. The van der Waals surface area contributed by atoms with Crippen LogP contribution in [-0.4, -0.2) is 67.9 Å². The van der Waals surface area contributed by atoms with Crippen molar-refractivity contribution >= 4 is 103 Å². The molecule has 10 aromatic rings. The Labute approximate surface area is 637 Å². The quantitative estimate of drug-likeness (QED) is 0.0281. The Balaban J connectivity index is 0.971. The van der Waals surface area contributed by atoms with E-state index >= 15 is 0 Å². The second-order valence-corrected chi connectivity index (χ2v) is 37.4. The third-order valence-electron chi connectivity index (χ3n) is 21.0. The molecule has 0 aliphatic rings. The number of hydrogen-bond donors (Lipinski definition) is 3. The van der Waals surface area contributed by atoms with Crippen molar-refractivity contribution in [3.05, 3.63) is 176 Å². The molecule has 4 aromatic heterocycles. The highest BCUT2D eigenvalue weighted by Crippen LogP contribution is 2.47. The van der Waals surface area contributed by atoms with Gasteiger partial charge in [0.15, 0.2) is 16.8 Å². The van der Waals surface area contributed by atoms with Gasteiger partial charge < -0.3 is 14.8 Å². The first kappa shape index (κ1) is 80.1. The van der Waals surface area contributed by atoms with E-state index in [1.807, 2.05) is 33.8 Å². The van der Waals surface area contributed by atoms with Crippen LogP contribution in [0, 0.1) is 59.8 Å². The topological polar surface area (TPSA) is 231 Å². The molecule has 22 heteroatoms. The number of aromatic nitrogens is 5. The number of thiazole rings is 2. The number of benzene rings is 6. The molecule has 0 fully saturated rings. The first-order valence-corrected chi connectivity index (χ1v) is 41.4. The van der Waals surface area contributed by atoms with E-state index in [2.05, 4.69) is 211 Å². The minimum absolute atomic E-state index is 0.0117. The Morgan fingerprint density at radius 1 is 0.538 bits per heavy atom. The molecule has 0 aliphatic heterocycles. The molecular formula is C84H106N12O6S4. The Bertz CT molecular complexity index is 5160. The zero-order valence-electron chi connectivity index (χ0n) is 66.0. The number of nitrogens with one attached hydrogen (secondary N) is 3. The standard InChI is InChI=1S/C84H106N12O6S4/c1-23-81(15,16)58-29-35-67(63(46-58)83(19,20)25-3)101-39-27-37-86-105(97,98)60-31-33-65-69(48-60)103-78(88-65)91-76-72(53(7)45-71(90-76)95(73-54(8)41-51(5)42-55(73)9)74-56(10)43-52(6)44-57(74)11)92-93-77-62(50-85)75(80(12,13)14)94-96(77)79-89-66-34-32-61(49-70(66)104-79)106(99,100)87-38-28-40-102-68-36-30-59(82(17,18)24-2)47-64(68)84(21,22)26-4/h29-36,41-49,86-87H,23-28,37-40H2,1-22H3,(H,88,90,91). The predicted octanol–water partition coefficient (Wildman–Crippen LogP) is 21.7. The van der Waals surface area contributed by atoms with Gasteiger partial charge in [0.2, 0.25) is 25.2 Å². The molecule has 18 nitrogen and oxygen atoms in total. The predicted molar refractivity (Wildman–Crippen MR) is 436 cm³/mol. The lowest BCUT2D eigenvalue weighted by molar-refractivity contribution is 0.300. The maximum atomic E-state index is 14.1. The zero-order chi connectivity index (χ0) is 77.4. The molecule has 0 amide bonds. The minimum Gasteiger partial charge on any atom is -0.493 e. The van der Waals surface area contributed by atoms with Gasteiger partial charge in [0, 0.05) is 29.6 Å². The number of fused-ring (bicyclic) bond motifs is 2. The second-order valence-electron chi connectivity index (χ2n) is 31.8. The van der Waals surface area contributed by atoms with Gasteiger partial charge in [-0.3, -0.25) is 4.90 Å². The fraction of sp³-hybridized carbons (Fsp3) is 0.440. The van der Waals surface area contributed by atoms with Crippen molar-refractivity contribution in [2.75, 3.05) is 36.5 Å². The third kappa shape index (κ3) is 17.3. The van der Waals surface area contributed by atoms with Crippen molar-refractivity contribution in [1.29, 1.82) is 5.26 Å². The van der Waals surface area contributed by atoms with Gasteiger partial charge >= 0.3 is 0 Å². The van der Waals surface area contributed by atoms with E-state index in [-0.39, 0.29) is 61.7 Å². The average Bonchev–Trinajstić information content (AvgIpc) is 0.932. The van der Waals surface area contributed by atoms with Crippen LogP contribution in [0.1, 0.15) is 215 Å². The summed E-state index contributed by atoms with van der Waals surface area (Å²) in [5.41, 5.74) is 15.0. The fourth-order valence-corrected chi connectivity index (χ4v) is 17.4.